The zero-order valence-corrected chi connectivity index (χ0v) is 19.4. The van der Waals surface area contributed by atoms with E-state index < -0.39 is 12.1 Å². The van der Waals surface area contributed by atoms with Crippen LogP contribution in [0.3, 0.4) is 0 Å². The number of aliphatic carboxylic acids is 1. The van der Waals surface area contributed by atoms with Crippen LogP contribution in [0.25, 0.3) is 11.3 Å². The van der Waals surface area contributed by atoms with Gasteiger partial charge in [0.05, 0.1) is 17.9 Å². The number of H-pyrrole nitrogens is 1. The predicted octanol–water partition coefficient (Wildman–Crippen LogP) is 3.71. The van der Waals surface area contributed by atoms with E-state index in [2.05, 4.69) is 20.5 Å². The minimum absolute atomic E-state index is 0.210. The quantitative estimate of drug-likeness (QED) is 0.561. The number of benzene rings is 1. The Kier molecular flexibility index (Phi) is 8.26. The first-order chi connectivity index (χ1) is 16.6. The Bertz CT molecular complexity index is 1140. The first-order valence-electron chi connectivity index (χ1n) is 11.1. The molecule has 0 unspecified atom stereocenters. The van der Waals surface area contributed by atoms with Crippen molar-refractivity contribution >= 4 is 11.9 Å². The fourth-order valence-corrected chi connectivity index (χ4v) is 3.74. The molecule has 0 radical (unpaired) electrons. The summed E-state index contributed by atoms with van der Waals surface area (Å²) < 4.78 is 33.7. The molecule has 1 saturated heterocycles. The highest BCUT2D eigenvalue weighted by molar-refractivity contribution is 5.76. The molecule has 1 amide bonds. The van der Waals surface area contributed by atoms with Gasteiger partial charge in [-0.25, -0.2) is 9.48 Å². The van der Waals surface area contributed by atoms with Crippen molar-refractivity contribution in [1.82, 2.24) is 30.1 Å². The number of carboxylic acids is 1. The molecule has 2 N–H and O–H groups in total. The predicted molar refractivity (Wildman–Crippen MR) is 120 cm³/mol. The molecule has 1 aliphatic rings. The number of nitrogens with one attached hydrogen (secondary N) is 1. The molecule has 0 spiro atoms. The number of carbonyl (C=O) groups is 2. The molecule has 3 heterocycles. The van der Waals surface area contributed by atoms with Crippen molar-refractivity contribution in [2.75, 3.05) is 13.1 Å². The number of nitrogens with zero attached hydrogens (tertiary/aromatic N) is 5. The van der Waals surface area contributed by atoms with Crippen LogP contribution in [0.15, 0.2) is 36.5 Å². The number of carbonyl (C=O) groups excluding carboxylic acids is 1. The lowest BCUT2D eigenvalue weighted by Gasteiger charge is -2.31. The Hall–Kier alpha value is -3.70. The molecule has 1 aromatic carbocycles. The third-order valence-corrected chi connectivity index (χ3v) is 5.94. The second-order valence-corrected chi connectivity index (χ2v) is 8.28. The fourth-order valence-electron chi connectivity index (χ4n) is 3.74. The summed E-state index contributed by atoms with van der Waals surface area (Å²) in [5.41, 5.74) is 5.20. The average molecular weight is 493 g/mol. The molecule has 3 aromatic rings. The van der Waals surface area contributed by atoms with Gasteiger partial charge in [0.1, 0.15) is 5.69 Å². The van der Waals surface area contributed by atoms with Gasteiger partial charge in [0, 0.05) is 37.2 Å². The van der Waals surface area contributed by atoms with Crippen molar-refractivity contribution in [3.8, 4) is 11.3 Å². The van der Waals surface area contributed by atoms with E-state index >= 15 is 0 Å². The van der Waals surface area contributed by atoms with E-state index in [1.54, 1.807) is 0 Å². The molecule has 0 bridgehead atoms. The van der Waals surface area contributed by atoms with Crippen LogP contribution in [-0.4, -0.2) is 66.3 Å². The van der Waals surface area contributed by atoms with E-state index in [9.17, 15) is 18.0 Å². The molecular formula is C23H27F3N6O3. The normalized spacial score (nSPS) is 14.4. The number of aromatic amines is 1. The summed E-state index contributed by atoms with van der Waals surface area (Å²) >= 11 is 0. The summed E-state index contributed by atoms with van der Waals surface area (Å²) in [5.74, 6) is -2.55. The molecule has 9 nitrogen and oxygen atoms in total. The van der Waals surface area contributed by atoms with Gasteiger partial charge < -0.3 is 10.0 Å². The van der Waals surface area contributed by atoms with Crippen molar-refractivity contribution in [2.45, 2.75) is 51.7 Å². The molecule has 12 heteroatoms. The largest absolute Gasteiger partial charge is 0.490 e. The first kappa shape index (κ1) is 25.9. The first-order valence-corrected chi connectivity index (χ1v) is 11.1. The second-order valence-electron chi connectivity index (χ2n) is 8.28. The number of carboxylic acid groups (broad SMARTS) is 1. The molecule has 0 aliphatic carbocycles. The van der Waals surface area contributed by atoms with E-state index in [1.165, 1.54) is 0 Å². The maximum Gasteiger partial charge on any atom is 0.490 e. The lowest BCUT2D eigenvalue weighted by atomic mass is 10.0. The lowest BCUT2D eigenvalue weighted by molar-refractivity contribution is -0.192. The second kappa shape index (κ2) is 11.2. The molecule has 188 valence electrons. The molecule has 2 aromatic heterocycles. The van der Waals surface area contributed by atoms with E-state index in [4.69, 9.17) is 9.90 Å². The minimum Gasteiger partial charge on any atom is -0.475 e. The molecule has 1 aliphatic heterocycles. The summed E-state index contributed by atoms with van der Waals surface area (Å²) in [5, 5.41) is 23.0. The number of halogens is 3. The van der Waals surface area contributed by atoms with Crippen LogP contribution in [-0.2, 0) is 16.0 Å². The van der Waals surface area contributed by atoms with Crippen molar-refractivity contribution in [3.05, 3.63) is 53.5 Å². The molecule has 4 rings (SSSR count). The number of aryl methyl sites for hydroxylation is 2. The third kappa shape index (κ3) is 6.90. The summed E-state index contributed by atoms with van der Waals surface area (Å²) in [6.45, 7) is 5.59. The van der Waals surface area contributed by atoms with Gasteiger partial charge in [-0.15, -0.1) is 5.10 Å². The highest BCUT2D eigenvalue weighted by atomic mass is 19.4. The van der Waals surface area contributed by atoms with E-state index in [1.807, 2.05) is 60.0 Å². The van der Waals surface area contributed by atoms with E-state index in [0.717, 1.165) is 54.1 Å². The van der Waals surface area contributed by atoms with Gasteiger partial charge in [-0.1, -0.05) is 35.5 Å². The highest BCUT2D eigenvalue weighted by Crippen LogP contribution is 2.24. The van der Waals surface area contributed by atoms with Crippen LogP contribution in [0, 0.1) is 13.8 Å². The molecule has 1 fully saturated rings. The van der Waals surface area contributed by atoms with Gasteiger partial charge in [0.25, 0.3) is 0 Å². The van der Waals surface area contributed by atoms with Gasteiger partial charge in [-0.05, 0) is 32.3 Å². The maximum absolute atomic E-state index is 12.6. The van der Waals surface area contributed by atoms with Crippen molar-refractivity contribution in [1.29, 1.82) is 0 Å². The van der Waals surface area contributed by atoms with Gasteiger partial charge in [0.15, 0.2) is 0 Å². The Morgan fingerprint density at radius 3 is 2.31 bits per heavy atom. The van der Waals surface area contributed by atoms with Crippen molar-refractivity contribution in [2.24, 2.45) is 0 Å². The summed E-state index contributed by atoms with van der Waals surface area (Å²) in [6, 6.07) is 10.4. The van der Waals surface area contributed by atoms with Crippen LogP contribution in [0.4, 0.5) is 13.2 Å². The smallest absolute Gasteiger partial charge is 0.475 e. The third-order valence-electron chi connectivity index (χ3n) is 5.94. The van der Waals surface area contributed by atoms with Crippen LogP contribution >= 0.6 is 0 Å². The Labute approximate surface area is 199 Å². The summed E-state index contributed by atoms with van der Waals surface area (Å²) in [6.07, 6.45) is -0.0520. The van der Waals surface area contributed by atoms with Gasteiger partial charge >= 0.3 is 12.1 Å². The van der Waals surface area contributed by atoms with Crippen molar-refractivity contribution < 1.29 is 27.9 Å². The fraction of sp³-hybridized carbons (Fsp3) is 0.435. The highest BCUT2D eigenvalue weighted by Gasteiger charge is 2.38. The monoisotopic (exact) mass is 492 g/mol. The van der Waals surface area contributed by atoms with Gasteiger partial charge in [-0.3, -0.25) is 9.89 Å². The standard InChI is InChI=1S/C21H26N6O.C2HF3O2/c1-15-16(2)22-23-19(15)8-9-21(28)26-12-10-18(11-13-26)27-14-20(24-25-27)17-6-4-3-5-7-17;3-2(4,5)1(6)7/h3-7,14,18H,8-13H2,1-2H3,(H,22,23);(H,6,7). The summed E-state index contributed by atoms with van der Waals surface area (Å²) in [4.78, 5) is 23.4. The topological polar surface area (TPSA) is 117 Å². The van der Waals surface area contributed by atoms with Crippen LogP contribution in [0.1, 0.15) is 42.3 Å². The van der Waals surface area contributed by atoms with E-state index in [-0.39, 0.29) is 5.91 Å². The summed E-state index contributed by atoms with van der Waals surface area (Å²) in [7, 11) is 0. The molecule has 0 saturated carbocycles. The van der Waals surface area contributed by atoms with Crippen LogP contribution in [0.5, 0.6) is 0 Å². The van der Waals surface area contributed by atoms with Gasteiger partial charge in [-0.2, -0.15) is 18.3 Å². The Balaban J connectivity index is 0.000000429. The number of piperidine rings is 1. The Morgan fingerprint density at radius 1 is 1.14 bits per heavy atom. The van der Waals surface area contributed by atoms with Crippen LogP contribution in [0.2, 0.25) is 0 Å². The SMILES string of the molecule is Cc1[nH]nc(CCC(=O)N2CCC(n3cc(-c4ccccc4)nn3)CC2)c1C.O=C(O)C(F)(F)F. The number of rotatable bonds is 5. The molecule has 0 atom stereocenters. The average Bonchev–Trinajstić information content (AvgIpc) is 3.46. The number of hydrogen-bond acceptors (Lipinski definition) is 5. The minimum atomic E-state index is -5.08. The number of amides is 1. The Morgan fingerprint density at radius 2 is 1.77 bits per heavy atom. The number of hydrogen-bond donors (Lipinski definition) is 2. The van der Waals surface area contributed by atoms with Gasteiger partial charge in [0.2, 0.25) is 5.91 Å². The van der Waals surface area contributed by atoms with Crippen LogP contribution < -0.4 is 0 Å². The zero-order valence-electron chi connectivity index (χ0n) is 19.4. The maximum atomic E-state index is 12.6. The molecule has 35 heavy (non-hydrogen) atoms. The zero-order chi connectivity index (χ0) is 25.6. The molecular weight excluding hydrogens is 465 g/mol. The van der Waals surface area contributed by atoms with Crippen molar-refractivity contribution in [3.63, 3.8) is 0 Å². The number of alkyl halides is 3. The number of likely N-dealkylation sites (tertiary alicyclic amines) is 1. The van der Waals surface area contributed by atoms with E-state index in [0.29, 0.717) is 18.9 Å². The lowest BCUT2D eigenvalue weighted by Crippen LogP contribution is -2.39. The number of aromatic nitrogens is 5.